The van der Waals surface area contributed by atoms with E-state index in [1.807, 2.05) is 0 Å². The van der Waals surface area contributed by atoms with Crippen LogP contribution in [0.4, 0.5) is 5.82 Å². The third kappa shape index (κ3) is 2.46. The molecule has 110 valence electrons. The Bertz CT molecular complexity index is 855. The van der Waals surface area contributed by atoms with E-state index in [4.69, 9.17) is 5.84 Å². The molecule has 21 heavy (non-hydrogen) atoms. The molecule has 0 aliphatic rings. The van der Waals surface area contributed by atoms with E-state index in [0.29, 0.717) is 11.3 Å². The van der Waals surface area contributed by atoms with E-state index in [-0.39, 0.29) is 17.4 Å². The molecule has 0 unspecified atom stereocenters. The highest BCUT2D eigenvalue weighted by atomic mass is 32.2. The zero-order chi connectivity index (χ0) is 14.9. The van der Waals surface area contributed by atoms with Crippen LogP contribution in [0.25, 0.3) is 5.65 Å². The summed E-state index contributed by atoms with van der Waals surface area (Å²) in [5.74, 6) is 5.42. The van der Waals surface area contributed by atoms with Gasteiger partial charge in [-0.1, -0.05) is 11.2 Å². The number of nitrogens with zero attached hydrogens (tertiary/aromatic N) is 3. The minimum absolute atomic E-state index is 0.00289. The number of nitrogen functional groups attached to an aromatic ring is 1. The number of pyridine rings is 1. The fourth-order valence-corrected chi connectivity index (χ4v) is 3.14. The summed E-state index contributed by atoms with van der Waals surface area (Å²) in [6.45, 7) is 0.00289. The van der Waals surface area contributed by atoms with Crippen molar-refractivity contribution in [3.8, 4) is 0 Å². The Morgan fingerprint density at radius 3 is 2.90 bits per heavy atom. The van der Waals surface area contributed by atoms with Crippen LogP contribution in [0.15, 0.2) is 46.3 Å². The Labute approximate surface area is 119 Å². The van der Waals surface area contributed by atoms with Crippen molar-refractivity contribution < 1.29 is 12.9 Å². The summed E-state index contributed by atoms with van der Waals surface area (Å²) in [6, 6.07) is 6.70. The minimum Gasteiger partial charge on any atom is -0.364 e. The van der Waals surface area contributed by atoms with Gasteiger partial charge in [-0.3, -0.25) is 4.40 Å². The Hall–Kier alpha value is -2.43. The Morgan fingerprint density at radius 2 is 2.19 bits per heavy atom. The highest BCUT2D eigenvalue weighted by Gasteiger charge is 2.24. The van der Waals surface area contributed by atoms with E-state index < -0.39 is 10.0 Å². The quantitative estimate of drug-likeness (QED) is 0.450. The van der Waals surface area contributed by atoms with Crippen molar-refractivity contribution >= 4 is 21.5 Å². The summed E-state index contributed by atoms with van der Waals surface area (Å²) in [5.41, 5.74) is 3.23. The van der Waals surface area contributed by atoms with Gasteiger partial charge in [-0.05, 0) is 12.1 Å². The number of aromatic nitrogens is 3. The fourth-order valence-electron chi connectivity index (χ4n) is 1.89. The van der Waals surface area contributed by atoms with Gasteiger partial charge >= 0.3 is 0 Å². The number of fused-ring (bicyclic) bond motifs is 1. The van der Waals surface area contributed by atoms with Crippen LogP contribution in [-0.4, -0.2) is 23.0 Å². The lowest BCUT2D eigenvalue weighted by atomic mass is 10.5. The number of nitrogens with one attached hydrogen (secondary N) is 2. The average Bonchev–Trinajstić information content (AvgIpc) is 3.12. The maximum atomic E-state index is 12.5. The number of rotatable bonds is 5. The molecule has 0 spiro atoms. The van der Waals surface area contributed by atoms with E-state index in [2.05, 4.69) is 24.8 Å². The number of imidazole rings is 1. The largest absolute Gasteiger partial charge is 0.364 e. The molecule has 0 saturated carbocycles. The van der Waals surface area contributed by atoms with Crippen molar-refractivity contribution in [3.63, 3.8) is 0 Å². The van der Waals surface area contributed by atoms with E-state index in [9.17, 15) is 8.42 Å². The molecule has 4 N–H and O–H groups in total. The molecule has 0 amide bonds. The van der Waals surface area contributed by atoms with Gasteiger partial charge in [0.05, 0.1) is 12.2 Å². The first-order valence-electron chi connectivity index (χ1n) is 5.94. The summed E-state index contributed by atoms with van der Waals surface area (Å²) in [7, 11) is -3.84. The van der Waals surface area contributed by atoms with Crippen LogP contribution in [-0.2, 0) is 16.6 Å². The highest BCUT2D eigenvalue weighted by Crippen LogP contribution is 2.21. The van der Waals surface area contributed by atoms with Gasteiger partial charge in [0.1, 0.15) is 11.9 Å². The molecule has 3 aromatic rings. The van der Waals surface area contributed by atoms with Crippen LogP contribution in [0.1, 0.15) is 5.69 Å². The van der Waals surface area contributed by atoms with Gasteiger partial charge in [-0.25, -0.2) is 24.0 Å². The normalized spacial score (nSPS) is 11.9. The lowest BCUT2D eigenvalue weighted by Gasteiger charge is -2.06. The maximum Gasteiger partial charge on any atom is 0.260 e. The van der Waals surface area contributed by atoms with Gasteiger partial charge in [-0.15, -0.1) is 0 Å². The smallest absolute Gasteiger partial charge is 0.260 e. The fraction of sp³-hybridized carbons (Fsp3) is 0.0909. The van der Waals surface area contributed by atoms with Crippen molar-refractivity contribution in [2.75, 3.05) is 5.43 Å². The van der Waals surface area contributed by atoms with Crippen LogP contribution < -0.4 is 16.0 Å². The standard InChI is InChI=1S/C11H12N6O3S/c12-15-10-11(17-5-2-1-3-9(17)14-10)21(18,19)13-7-8-4-6-20-16-8/h1-6,13,15H,7,12H2. The van der Waals surface area contributed by atoms with Gasteiger partial charge in [0.15, 0.2) is 10.8 Å². The van der Waals surface area contributed by atoms with Gasteiger partial charge in [0.25, 0.3) is 10.0 Å². The lowest BCUT2D eigenvalue weighted by molar-refractivity contribution is 0.411. The number of anilines is 1. The van der Waals surface area contributed by atoms with Crippen LogP contribution >= 0.6 is 0 Å². The zero-order valence-corrected chi connectivity index (χ0v) is 11.5. The highest BCUT2D eigenvalue weighted by molar-refractivity contribution is 7.89. The van der Waals surface area contributed by atoms with Gasteiger partial charge < -0.3 is 9.95 Å². The number of hydrogen-bond acceptors (Lipinski definition) is 7. The Balaban J connectivity index is 2.01. The monoisotopic (exact) mass is 308 g/mol. The molecule has 0 bridgehead atoms. The maximum absolute atomic E-state index is 12.5. The average molecular weight is 308 g/mol. The van der Waals surface area contributed by atoms with Gasteiger partial charge in [0.2, 0.25) is 0 Å². The molecule has 0 aromatic carbocycles. The Morgan fingerprint density at radius 1 is 1.33 bits per heavy atom. The number of hydrazine groups is 1. The van der Waals surface area contributed by atoms with Crippen LogP contribution in [0.3, 0.4) is 0 Å². The molecule has 0 fully saturated rings. The second-order valence-electron chi connectivity index (χ2n) is 4.15. The molecule has 0 radical (unpaired) electrons. The van der Waals surface area contributed by atoms with Crippen molar-refractivity contribution in [1.29, 1.82) is 0 Å². The van der Waals surface area contributed by atoms with Crippen molar-refractivity contribution in [2.45, 2.75) is 11.6 Å². The van der Waals surface area contributed by atoms with Crippen molar-refractivity contribution in [1.82, 2.24) is 19.3 Å². The summed E-state index contributed by atoms with van der Waals surface area (Å²) < 4.78 is 33.4. The first kappa shape index (κ1) is 13.5. The molecule has 10 heteroatoms. The summed E-state index contributed by atoms with van der Waals surface area (Å²) in [5, 5.41) is 3.58. The molecule has 3 heterocycles. The molecular weight excluding hydrogens is 296 g/mol. The zero-order valence-electron chi connectivity index (χ0n) is 10.7. The van der Waals surface area contributed by atoms with Gasteiger partial charge in [0, 0.05) is 12.3 Å². The number of hydrogen-bond donors (Lipinski definition) is 3. The van der Waals surface area contributed by atoms with E-state index in [0.717, 1.165) is 0 Å². The molecule has 0 atom stereocenters. The number of nitrogens with two attached hydrogens (primary N) is 1. The predicted molar refractivity (Wildman–Crippen MR) is 73.5 cm³/mol. The van der Waals surface area contributed by atoms with Crippen LogP contribution in [0.2, 0.25) is 0 Å². The van der Waals surface area contributed by atoms with E-state index in [1.54, 1.807) is 30.5 Å². The third-order valence-corrected chi connectivity index (χ3v) is 4.24. The SMILES string of the molecule is NNc1nc2ccccn2c1S(=O)(=O)NCc1ccon1. The lowest BCUT2D eigenvalue weighted by Crippen LogP contribution is -2.26. The topological polar surface area (TPSA) is 128 Å². The first-order chi connectivity index (χ1) is 10.1. The van der Waals surface area contributed by atoms with Crippen molar-refractivity contribution in [2.24, 2.45) is 5.84 Å². The number of sulfonamides is 1. The second-order valence-corrected chi connectivity index (χ2v) is 5.84. The van der Waals surface area contributed by atoms with E-state index >= 15 is 0 Å². The summed E-state index contributed by atoms with van der Waals surface area (Å²) in [6.07, 6.45) is 2.96. The van der Waals surface area contributed by atoms with Crippen LogP contribution in [0, 0.1) is 0 Å². The van der Waals surface area contributed by atoms with Gasteiger partial charge in [-0.2, -0.15) is 0 Å². The molecule has 0 saturated heterocycles. The van der Waals surface area contributed by atoms with E-state index in [1.165, 1.54) is 10.7 Å². The molecule has 3 aromatic heterocycles. The molecular formula is C11H12N6O3S. The summed E-state index contributed by atoms with van der Waals surface area (Å²) in [4.78, 5) is 4.12. The second kappa shape index (κ2) is 5.16. The molecule has 9 nitrogen and oxygen atoms in total. The van der Waals surface area contributed by atoms with Crippen LogP contribution in [0.5, 0.6) is 0 Å². The van der Waals surface area contributed by atoms with Crippen molar-refractivity contribution in [3.05, 3.63) is 42.4 Å². The molecule has 0 aliphatic carbocycles. The first-order valence-corrected chi connectivity index (χ1v) is 7.43. The third-order valence-electron chi connectivity index (χ3n) is 2.81. The summed E-state index contributed by atoms with van der Waals surface area (Å²) >= 11 is 0. The Kier molecular flexibility index (Phi) is 3.33. The molecule has 0 aliphatic heterocycles. The minimum atomic E-state index is -3.84. The molecule has 3 rings (SSSR count). The predicted octanol–water partition coefficient (Wildman–Crippen LogP) is 0.0864.